The zero-order valence-electron chi connectivity index (χ0n) is 13.4. The monoisotopic (exact) mass is 314 g/mol. The van der Waals surface area contributed by atoms with Crippen molar-refractivity contribution in [1.29, 1.82) is 0 Å². The molecule has 21 heavy (non-hydrogen) atoms. The highest BCUT2D eigenvalue weighted by molar-refractivity contribution is 7.89. The van der Waals surface area contributed by atoms with Gasteiger partial charge in [-0.25, -0.2) is 8.42 Å². The minimum absolute atomic E-state index is 0.364. The van der Waals surface area contributed by atoms with Gasteiger partial charge in [0.05, 0.1) is 0 Å². The van der Waals surface area contributed by atoms with E-state index in [9.17, 15) is 8.42 Å². The van der Waals surface area contributed by atoms with Crippen LogP contribution in [0.5, 0.6) is 0 Å². The third kappa shape index (κ3) is 3.49. The van der Waals surface area contributed by atoms with Gasteiger partial charge >= 0.3 is 0 Å². The van der Waals surface area contributed by atoms with E-state index < -0.39 is 10.0 Å². The number of sulfonamides is 1. The van der Waals surface area contributed by atoms with Crippen LogP contribution in [-0.4, -0.2) is 32.9 Å². The molecule has 1 aliphatic rings. The summed E-state index contributed by atoms with van der Waals surface area (Å²) in [5, 5.41) is 3.03. The fourth-order valence-electron chi connectivity index (χ4n) is 2.71. The van der Waals surface area contributed by atoms with Crippen molar-refractivity contribution in [2.75, 3.05) is 20.1 Å². The van der Waals surface area contributed by atoms with Crippen LogP contribution in [-0.2, 0) is 16.6 Å². The lowest BCUT2D eigenvalue weighted by Crippen LogP contribution is -2.34. The number of furan rings is 1. The molecule has 0 radical (unpaired) electrons. The van der Waals surface area contributed by atoms with Crippen LogP contribution in [0.4, 0.5) is 0 Å². The first-order chi connectivity index (χ1) is 9.91. The molecular formula is C15H26N2O3S. The maximum atomic E-state index is 13.1. The van der Waals surface area contributed by atoms with Crippen LogP contribution < -0.4 is 5.32 Å². The van der Waals surface area contributed by atoms with Gasteiger partial charge in [0.25, 0.3) is 0 Å². The fraction of sp³-hybridized carbons (Fsp3) is 0.733. The first kappa shape index (κ1) is 16.5. The molecule has 120 valence electrons. The Bertz CT molecular complexity index is 588. The average Bonchev–Trinajstić information content (AvgIpc) is 3.16. The second kappa shape index (κ2) is 6.50. The molecule has 1 aromatic heterocycles. The summed E-state index contributed by atoms with van der Waals surface area (Å²) in [6, 6.07) is 0. The van der Waals surface area contributed by atoms with Crippen molar-refractivity contribution in [3.05, 3.63) is 17.1 Å². The Morgan fingerprint density at radius 3 is 2.48 bits per heavy atom. The van der Waals surface area contributed by atoms with Crippen LogP contribution in [0.25, 0.3) is 0 Å². The zero-order chi connectivity index (χ0) is 15.6. The predicted molar refractivity (Wildman–Crippen MR) is 82.7 cm³/mol. The third-order valence-electron chi connectivity index (χ3n) is 3.91. The molecule has 5 nitrogen and oxygen atoms in total. The Hall–Kier alpha value is -0.850. The SMILES string of the molecule is CCCN(CC1CC1)S(=O)(=O)c1c(C)oc(C)c1CNC. The molecule has 0 amide bonds. The van der Waals surface area contributed by atoms with E-state index in [1.807, 2.05) is 20.9 Å². The number of hydrogen-bond acceptors (Lipinski definition) is 4. The van der Waals surface area contributed by atoms with E-state index in [0.29, 0.717) is 42.0 Å². The number of aryl methyl sites for hydroxylation is 2. The van der Waals surface area contributed by atoms with Gasteiger partial charge in [0, 0.05) is 25.2 Å². The molecule has 0 unspecified atom stereocenters. The predicted octanol–water partition coefficient (Wildman–Crippen LogP) is 2.43. The van der Waals surface area contributed by atoms with Crippen LogP contribution in [0.3, 0.4) is 0 Å². The minimum atomic E-state index is -3.48. The summed E-state index contributed by atoms with van der Waals surface area (Å²) in [5.41, 5.74) is 0.756. The normalized spacial score (nSPS) is 15.9. The molecule has 1 aromatic rings. The van der Waals surface area contributed by atoms with E-state index in [0.717, 1.165) is 24.8 Å². The van der Waals surface area contributed by atoms with Gasteiger partial charge in [0.1, 0.15) is 16.4 Å². The van der Waals surface area contributed by atoms with Crippen LogP contribution in [0.2, 0.25) is 0 Å². The van der Waals surface area contributed by atoms with Gasteiger partial charge in [-0.05, 0) is 46.1 Å². The van der Waals surface area contributed by atoms with Crippen LogP contribution in [0.1, 0.15) is 43.3 Å². The van der Waals surface area contributed by atoms with Crippen molar-refractivity contribution < 1.29 is 12.8 Å². The van der Waals surface area contributed by atoms with Crippen molar-refractivity contribution >= 4 is 10.0 Å². The third-order valence-corrected chi connectivity index (χ3v) is 5.97. The van der Waals surface area contributed by atoms with E-state index in [1.165, 1.54) is 0 Å². The number of hydrogen-bond donors (Lipinski definition) is 1. The molecule has 0 spiro atoms. The summed E-state index contributed by atoms with van der Waals surface area (Å²) >= 11 is 0. The fourth-order valence-corrected chi connectivity index (χ4v) is 4.73. The van der Waals surface area contributed by atoms with E-state index in [1.54, 1.807) is 11.2 Å². The highest BCUT2D eigenvalue weighted by Gasteiger charge is 2.35. The lowest BCUT2D eigenvalue weighted by Gasteiger charge is -2.22. The standard InChI is InChI=1S/C15H26N2O3S/c1-5-8-17(10-13-6-7-13)21(18,19)15-12(3)20-11(2)14(15)9-16-4/h13,16H,5-10H2,1-4H3. The molecule has 1 fully saturated rings. The zero-order valence-corrected chi connectivity index (χ0v) is 14.2. The Labute approximate surface area is 127 Å². The molecule has 0 aromatic carbocycles. The van der Waals surface area contributed by atoms with Gasteiger partial charge in [-0.2, -0.15) is 4.31 Å². The lowest BCUT2D eigenvalue weighted by molar-refractivity contribution is 0.393. The number of nitrogens with one attached hydrogen (secondary N) is 1. The Kier molecular flexibility index (Phi) is 5.11. The van der Waals surface area contributed by atoms with Crippen molar-refractivity contribution in [1.82, 2.24) is 9.62 Å². The molecule has 1 heterocycles. The van der Waals surface area contributed by atoms with Gasteiger partial charge in [0.15, 0.2) is 0 Å². The smallest absolute Gasteiger partial charge is 0.246 e. The molecule has 0 bridgehead atoms. The molecular weight excluding hydrogens is 288 g/mol. The molecule has 1 saturated carbocycles. The summed E-state index contributed by atoms with van der Waals surface area (Å²) < 4.78 is 33.3. The van der Waals surface area contributed by atoms with Gasteiger partial charge in [0.2, 0.25) is 10.0 Å². The maximum absolute atomic E-state index is 13.1. The molecule has 0 aliphatic heterocycles. The molecule has 0 saturated heterocycles. The van der Waals surface area contributed by atoms with E-state index in [-0.39, 0.29) is 0 Å². The van der Waals surface area contributed by atoms with Gasteiger partial charge < -0.3 is 9.73 Å². The van der Waals surface area contributed by atoms with Crippen molar-refractivity contribution in [2.45, 2.75) is 51.5 Å². The Morgan fingerprint density at radius 1 is 1.29 bits per heavy atom. The molecule has 6 heteroatoms. The van der Waals surface area contributed by atoms with Gasteiger partial charge in [-0.15, -0.1) is 0 Å². The summed E-state index contributed by atoms with van der Waals surface area (Å²) in [7, 11) is -1.67. The Morgan fingerprint density at radius 2 is 1.95 bits per heavy atom. The van der Waals surface area contributed by atoms with E-state index in [4.69, 9.17) is 4.42 Å². The highest BCUT2D eigenvalue weighted by Crippen LogP contribution is 2.34. The van der Waals surface area contributed by atoms with Crippen LogP contribution in [0, 0.1) is 19.8 Å². The lowest BCUT2D eigenvalue weighted by atomic mass is 10.2. The van der Waals surface area contributed by atoms with Gasteiger partial charge in [-0.3, -0.25) is 0 Å². The maximum Gasteiger partial charge on any atom is 0.246 e. The molecule has 1 aliphatic carbocycles. The van der Waals surface area contributed by atoms with Crippen molar-refractivity contribution in [3.8, 4) is 0 Å². The summed E-state index contributed by atoms with van der Waals surface area (Å²) in [5.74, 6) is 1.71. The number of rotatable bonds is 8. The summed E-state index contributed by atoms with van der Waals surface area (Å²) in [6.07, 6.45) is 3.11. The molecule has 1 N–H and O–H groups in total. The van der Waals surface area contributed by atoms with Crippen LogP contribution in [0.15, 0.2) is 9.31 Å². The largest absolute Gasteiger partial charge is 0.465 e. The van der Waals surface area contributed by atoms with Crippen LogP contribution >= 0.6 is 0 Å². The Balaban J connectivity index is 2.40. The van der Waals surface area contributed by atoms with Gasteiger partial charge in [-0.1, -0.05) is 6.92 Å². The first-order valence-electron chi connectivity index (χ1n) is 7.65. The summed E-state index contributed by atoms with van der Waals surface area (Å²) in [6.45, 7) is 7.28. The highest BCUT2D eigenvalue weighted by atomic mass is 32.2. The topological polar surface area (TPSA) is 62.6 Å². The van der Waals surface area contributed by atoms with E-state index >= 15 is 0 Å². The summed E-state index contributed by atoms with van der Waals surface area (Å²) in [4.78, 5) is 0.364. The minimum Gasteiger partial charge on any atom is -0.465 e. The second-order valence-corrected chi connectivity index (χ2v) is 7.73. The molecule has 0 atom stereocenters. The average molecular weight is 314 g/mol. The van der Waals surface area contributed by atoms with Crippen molar-refractivity contribution in [2.24, 2.45) is 5.92 Å². The first-order valence-corrected chi connectivity index (χ1v) is 9.09. The molecule has 2 rings (SSSR count). The van der Waals surface area contributed by atoms with Crippen molar-refractivity contribution in [3.63, 3.8) is 0 Å². The quantitative estimate of drug-likeness (QED) is 0.800. The number of nitrogens with zero attached hydrogens (tertiary/aromatic N) is 1. The second-order valence-electron chi connectivity index (χ2n) is 5.86. The van der Waals surface area contributed by atoms with E-state index in [2.05, 4.69) is 5.32 Å².